The topological polar surface area (TPSA) is 140 Å². The number of aromatic nitrogens is 3. The van der Waals surface area contributed by atoms with E-state index in [1.165, 1.54) is 6.07 Å². The molecule has 0 saturated heterocycles. The van der Waals surface area contributed by atoms with Gasteiger partial charge in [0.25, 0.3) is 11.8 Å². The summed E-state index contributed by atoms with van der Waals surface area (Å²) in [4.78, 5) is 28.1. The molecule has 0 atom stereocenters. The van der Waals surface area contributed by atoms with E-state index in [1.54, 1.807) is 50.4 Å². The summed E-state index contributed by atoms with van der Waals surface area (Å²) >= 11 is 0. The maximum atomic E-state index is 13.8. The SMILES string of the molecule is CC1(C)CN(S(=O)(=O)c2cc(F)cc(F)c2)Cc2c(NC(=O)c3ccccc3NC(=O)c3ccc[nH]3)n[nH]c21. The average Bonchev–Trinajstić information content (AvgIpc) is 3.55. The molecule has 0 bridgehead atoms. The Balaban J connectivity index is 1.43. The first kappa shape index (κ1) is 26.3. The van der Waals surface area contributed by atoms with Gasteiger partial charge in [-0.2, -0.15) is 9.40 Å². The summed E-state index contributed by atoms with van der Waals surface area (Å²) in [5.74, 6) is -2.95. The first-order valence-corrected chi connectivity index (χ1v) is 13.3. The van der Waals surface area contributed by atoms with Crippen LogP contribution in [0.5, 0.6) is 0 Å². The average molecular weight is 555 g/mol. The van der Waals surface area contributed by atoms with Gasteiger partial charge in [-0.1, -0.05) is 26.0 Å². The minimum atomic E-state index is -4.29. The second-order valence-corrected chi connectivity index (χ2v) is 11.7. The van der Waals surface area contributed by atoms with Crippen molar-refractivity contribution in [2.75, 3.05) is 17.2 Å². The third kappa shape index (κ3) is 5.05. The molecule has 0 aliphatic carbocycles. The quantitative estimate of drug-likeness (QED) is 0.285. The summed E-state index contributed by atoms with van der Waals surface area (Å²) in [6, 6.07) is 11.8. The van der Waals surface area contributed by atoms with E-state index in [4.69, 9.17) is 0 Å². The number of rotatable bonds is 6. The van der Waals surface area contributed by atoms with E-state index in [9.17, 15) is 26.8 Å². The molecule has 10 nitrogen and oxygen atoms in total. The Morgan fingerprint density at radius 3 is 2.41 bits per heavy atom. The molecule has 1 aliphatic rings. The van der Waals surface area contributed by atoms with Crippen molar-refractivity contribution in [3.63, 3.8) is 0 Å². The lowest BCUT2D eigenvalue weighted by Gasteiger charge is -2.36. The van der Waals surface area contributed by atoms with Gasteiger partial charge in [-0.05, 0) is 36.4 Å². The molecule has 4 N–H and O–H groups in total. The van der Waals surface area contributed by atoms with Crippen LogP contribution in [0, 0.1) is 11.6 Å². The molecule has 1 aliphatic heterocycles. The van der Waals surface area contributed by atoms with Gasteiger partial charge in [-0.25, -0.2) is 17.2 Å². The number of benzene rings is 2. The highest BCUT2D eigenvalue weighted by atomic mass is 32.2. The highest BCUT2D eigenvalue weighted by Crippen LogP contribution is 2.38. The molecule has 2 aromatic heterocycles. The van der Waals surface area contributed by atoms with Gasteiger partial charge >= 0.3 is 0 Å². The van der Waals surface area contributed by atoms with E-state index in [0.717, 1.165) is 16.4 Å². The molecule has 3 heterocycles. The van der Waals surface area contributed by atoms with Crippen LogP contribution in [-0.4, -0.2) is 46.3 Å². The molecule has 0 spiro atoms. The number of halogens is 2. The summed E-state index contributed by atoms with van der Waals surface area (Å²) in [7, 11) is -4.29. The molecular formula is C26H24F2N6O4S. The van der Waals surface area contributed by atoms with Gasteiger partial charge in [0.1, 0.15) is 17.3 Å². The smallest absolute Gasteiger partial charge is 0.272 e. The van der Waals surface area contributed by atoms with Crippen molar-refractivity contribution in [1.29, 1.82) is 0 Å². The fraction of sp³-hybridized carbons (Fsp3) is 0.192. The first-order valence-electron chi connectivity index (χ1n) is 11.8. The van der Waals surface area contributed by atoms with Crippen LogP contribution in [-0.2, 0) is 22.0 Å². The van der Waals surface area contributed by atoms with Crippen LogP contribution in [0.2, 0.25) is 0 Å². The van der Waals surface area contributed by atoms with Crippen LogP contribution in [0.15, 0.2) is 65.7 Å². The first-order chi connectivity index (χ1) is 18.5. The Kier molecular flexibility index (Phi) is 6.56. The summed E-state index contributed by atoms with van der Waals surface area (Å²) in [6.45, 7) is 3.38. The number of hydrogen-bond acceptors (Lipinski definition) is 5. The number of H-pyrrole nitrogens is 2. The molecule has 0 unspecified atom stereocenters. The third-order valence-electron chi connectivity index (χ3n) is 6.42. The summed E-state index contributed by atoms with van der Waals surface area (Å²) in [5, 5.41) is 12.5. The summed E-state index contributed by atoms with van der Waals surface area (Å²) < 4.78 is 55.4. The number of aromatic amines is 2. The molecule has 39 heavy (non-hydrogen) atoms. The van der Waals surface area contributed by atoms with E-state index in [1.807, 2.05) is 0 Å². The molecule has 202 valence electrons. The van der Waals surface area contributed by atoms with Gasteiger partial charge < -0.3 is 15.6 Å². The fourth-order valence-electron chi connectivity index (χ4n) is 4.56. The van der Waals surface area contributed by atoms with E-state index >= 15 is 0 Å². The molecule has 0 fully saturated rings. The zero-order valence-electron chi connectivity index (χ0n) is 20.9. The fourth-order valence-corrected chi connectivity index (χ4v) is 6.17. The predicted octanol–water partition coefficient (Wildman–Crippen LogP) is 4.00. The molecule has 4 aromatic rings. The second-order valence-electron chi connectivity index (χ2n) is 9.73. The molecule has 2 amide bonds. The number of sulfonamides is 1. The third-order valence-corrected chi connectivity index (χ3v) is 8.19. The standard InChI is InChI=1S/C26H24F2N6O4S/c1-26(2)14-34(39(37,38)17-11-15(27)10-16(28)12-17)13-19-22(26)32-33-23(19)31-24(35)18-6-3-4-7-20(18)30-25(36)21-8-5-9-29-21/h3-12,29H,13-14H2,1-2H3,(H,30,36)(H2,31,32,33,35). The predicted molar refractivity (Wildman–Crippen MR) is 139 cm³/mol. The number of hydrogen-bond donors (Lipinski definition) is 4. The summed E-state index contributed by atoms with van der Waals surface area (Å²) in [6.07, 6.45) is 1.60. The van der Waals surface area contributed by atoms with E-state index in [0.29, 0.717) is 23.0 Å². The van der Waals surface area contributed by atoms with Crippen molar-refractivity contribution < 1.29 is 26.8 Å². The lowest BCUT2D eigenvalue weighted by atomic mass is 9.84. The van der Waals surface area contributed by atoms with Gasteiger partial charge in [-0.15, -0.1) is 0 Å². The minimum Gasteiger partial charge on any atom is -0.357 e. The van der Waals surface area contributed by atoms with E-state index < -0.39 is 43.8 Å². The Labute approximate surface area is 222 Å². The van der Waals surface area contributed by atoms with Crippen LogP contribution >= 0.6 is 0 Å². The number of amides is 2. The minimum absolute atomic E-state index is 0.00363. The largest absolute Gasteiger partial charge is 0.357 e. The van der Waals surface area contributed by atoms with Crippen LogP contribution in [0.3, 0.4) is 0 Å². The Bertz CT molecular complexity index is 1660. The van der Waals surface area contributed by atoms with Gasteiger partial charge in [0.15, 0.2) is 5.82 Å². The maximum Gasteiger partial charge on any atom is 0.272 e. The second kappa shape index (κ2) is 9.75. The van der Waals surface area contributed by atoms with Crippen molar-refractivity contribution >= 4 is 33.3 Å². The van der Waals surface area contributed by atoms with Gasteiger partial charge in [0.05, 0.1) is 16.1 Å². The number of anilines is 2. The van der Waals surface area contributed by atoms with E-state index in [-0.39, 0.29) is 30.2 Å². The number of fused-ring (bicyclic) bond motifs is 1. The molecule has 5 rings (SSSR count). The van der Waals surface area contributed by atoms with Crippen LogP contribution in [0.1, 0.15) is 46.0 Å². The number of nitrogens with zero attached hydrogens (tertiary/aromatic N) is 2. The van der Waals surface area contributed by atoms with Gasteiger partial charge in [0.2, 0.25) is 10.0 Å². The lowest BCUT2D eigenvalue weighted by molar-refractivity contribution is 0.102. The van der Waals surface area contributed by atoms with Gasteiger partial charge in [0, 0.05) is 42.0 Å². The van der Waals surface area contributed by atoms with Gasteiger partial charge in [-0.3, -0.25) is 14.7 Å². The van der Waals surface area contributed by atoms with Crippen LogP contribution in [0.4, 0.5) is 20.3 Å². The molecule has 0 radical (unpaired) electrons. The highest BCUT2D eigenvalue weighted by molar-refractivity contribution is 7.89. The molecule has 0 saturated carbocycles. The number of para-hydroxylation sites is 1. The lowest BCUT2D eigenvalue weighted by Crippen LogP contribution is -2.45. The zero-order chi connectivity index (χ0) is 27.9. The normalized spacial score (nSPS) is 15.0. The maximum absolute atomic E-state index is 13.8. The Morgan fingerprint density at radius 2 is 1.72 bits per heavy atom. The van der Waals surface area contributed by atoms with Crippen LogP contribution in [0.25, 0.3) is 0 Å². The monoisotopic (exact) mass is 554 g/mol. The Morgan fingerprint density at radius 1 is 1.00 bits per heavy atom. The van der Waals surface area contributed by atoms with Crippen LogP contribution < -0.4 is 10.6 Å². The summed E-state index contributed by atoms with van der Waals surface area (Å²) in [5.41, 5.74) is 0.981. The molecule has 2 aromatic carbocycles. The number of nitrogens with one attached hydrogen (secondary N) is 4. The zero-order valence-corrected chi connectivity index (χ0v) is 21.7. The number of carbonyl (C=O) groups excluding carboxylic acids is 2. The van der Waals surface area contributed by atoms with Crippen molar-refractivity contribution in [3.05, 3.63) is 94.9 Å². The number of carbonyl (C=O) groups is 2. The Hall–Kier alpha value is -4.36. The van der Waals surface area contributed by atoms with Crippen molar-refractivity contribution in [3.8, 4) is 0 Å². The highest BCUT2D eigenvalue weighted by Gasteiger charge is 2.41. The van der Waals surface area contributed by atoms with Crippen molar-refractivity contribution in [2.45, 2.75) is 30.7 Å². The van der Waals surface area contributed by atoms with Crippen molar-refractivity contribution in [2.24, 2.45) is 0 Å². The van der Waals surface area contributed by atoms with E-state index in [2.05, 4.69) is 25.8 Å². The van der Waals surface area contributed by atoms with Crippen molar-refractivity contribution in [1.82, 2.24) is 19.5 Å². The molecule has 13 heteroatoms. The molecular weight excluding hydrogens is 530 g/mol.